The van der Waals surface area contributed by atoms with Crippen LogP contribution in [-0.2, 0) is 6.54 Å². The third-order valence-electron chi connectivity index (χ3n) is 2.75. The Morgan fingerprint density at radius 2 is 1.76 bits per heavy atom. The number of hydrogen-bond donors (Lipinski definition) is 1. The number of rotatable bonds is 10. The molecule has 0 saturated carbocycles. The SMILES string of the molecule is CCCCCNCc1ccc(OC(F)F)cc1OC(F)F. The van der Waals surface area contributed by atoms with E-state index >= 15 is 0 Å². The lowest BCUT2D eigenvalue weighted by Gasteiger charge is -2.13. The zero-order valence-electron chi connectivity index (χ0n) is 11.8. The van der Waals surface area contributed by atoms with Gasteiger partial charge in [0, 0.05) is 18.2 Å². The molecule has 0 heterocycles. The van der Waals surface area contributed by atoms with Crippen LogP contribution in [0.15, 0.2) is 18.2 Å². The van der Waals surface area contributed by atoms with E-state index in [1.807, 2.05) is 0 Å². The van der Waals surface area contributed by atoms with Gasteiger partial charge in [-0.2, -0.15) is 17.6 Å². The third kappa shape index (κ3) is 7.17. The predicted molar refractivity (Wildman–Crippen MR) is 70.9 cm³/mol. The van der Waals surface area contributed by atoms with Crippen LogP contribution >= 0.6 is 0 Å². The molecule has 0 atom stereocenters. The molecular formula is C14H19F4NO2. The highest BCUT2D eigenvalue weighted by atomic mass is 19.3. The first kappa shape index (κ1) is 17.6. The molecule has 1 rings (SSSR count). The Morgan fingerprint density at radius 1 is 1.05 bits per heavy atom. The smallest absolute Gasteiger partial charge is 0.387 e. The molecule has 0 saturated heterocycles. The molecule has 0 aliphatic heterocycles. The van der Waals surface area contributed by atoms with Gasteiger partial charge >= 0.3 is 13.2 Å². The monoisotopic (exact) mass is 309 g/mol. The molecule has 0 spiro atoms. The minimum absolute atomic E-state index is 0.161. The Hall–Kier alpha value is -1.50. The van der Waals surface area contributed by atoms with Crippen LogP contribution in [0.5, 0.6) is 11.5 Å². The molecule has 0 aliphatic carbocycles. The number of alkyl halides is 4. The maximum absolute atomic E-state index is 12.4. The zero-order valence-corrected chi connectivity index (χ0v) is 11.8. The highest BCUT2D eigenvalue weighted by molar-refractivity contribution is 5.40. The van der Waals surface area contributed by atoms with E-state index in [1.54, 1.807) is 0 Å². The molecule has 21 heavy (non-hydrogen) atoms. The van der Waals surface area contributed by atoms with Gasteiger partial charge in [0.05, 0.1) is 0 Å². The van der Waals surface area contributed by atoms with Crippen LogP contribution in [0.25, 0.3) is 0 Å². The first-order valence-corrected chi connectivity index (χ1v) is 6.76. The van der Waals surface area contributed by atoms with Crippen LogP contribution in [0.2, 0.25) is 0 Å². The molecule has 7 heteroatoms. The molecule has 1 N–H and O–H groups in total. The summed E-state index contributed by atoms with van der Waals surface area (Å²) in [4.78, 5) is 0. The molecule has 0 unspecified atom stereocenters. The number of nitrogens with one attached hydrogen (secondary N) is 1. The summed E-state index contributed by atoms with van der Waals surface area (Å²) >= 11 is 0. The molecule has 3 nitrogen and oxygen atoms in total. The van der Waals surface area contributed by atoms with E-state index in [-0.39, 0.29) is 11.5 Å². The normalized spacial score (nSPS) is 11.2. The maximum Gasteiger partial charge on any atom is 0.387 e. The lowest BCUT2D eigenvalue weighted by Crippen LogP contribution is -2.16. The van der Waals surface area contributed by atoms with Gasteiger partial charge in [0.15, 0.2) is 0 Å². The van der Waals surface area contributed by atoms with Crippen molar-refractivity contribution in [1.82, 2.24) is 5.32 Å². The predicted octanol–water partition coefficient (Wildman–Crippen LogP) is 4.17. The van der Waals surface area contributed by atoms with Gasteiger partial charge in [-0.3, -0.25) is 0 Å². The first-order chi connectivity index (χ1) is 10.0. The molecule has 0 fully saturated rings. The summed E-state index contributed by atoms with van der Waals surface area (Å²) in [5, 5.41) is 3.10. The topological polar surface area (TPSA) is 30.5 Å². The molecule has 120 valence electrons. The lowest BCUT2D eigenvalue weighted by atomic mass is 10.2. The summed E-state index contributed by atoms with van der Waals surface area (Å²) < 4.78 is 57.4. The average Bonchev–Trinajstić information content (AvgIpc) is 2.39. The molecule has 0 aliphatic rings. The van der Waals surface area contributed by atoms with E-state index in [0.29, 0.717) is 12.1 Å². The number of hydrogen-bond acceptors (Lipinski definition) is 3. The van der Waals surface area contributed by atoms with E-state index < -0.39 is 13.2 Å². The van der Waals surface area contributed by atoms with Gasteiger partial charge in [-0.25, -0.2) is 0 Å². The number of unbranched alkanes of at least 4 members (excludes halogenated alkanes) is 2. The molecule has 0 aromatic heterocycles. The minimum Gasteiger partial charge on any atom is -0.435 e. The zero-order chi connectivity index (χ0) is 15.7. The molecular weight excluding hydrogens is 290 g/mol. The Morgan fingerprint density at radius 3 is 2.38 bits per heavy atom. The van der Waals surface area contributed by atoms with Gasteiger partial charge in [-0.1, -0.05) is 25.8 Å². The van der Waals surface area contributed by atoms with Crippen molar-refractivity contribution in [2.75, 3.05) is 6.54 Å². The highest BCUT2D eigenvalue weighted by Crippen LogP contribution is 2.27. The van der Waals surface area contributed by atoms with Crippen molar-refractivity contribution in [2.24, 2.45) is 0 Å². The minimum atomic E-state index is -3.02. The van der Waals surface area contributed by atoms with Gasteiger partial charge in [0.25, 0.3) is 0 Å². The van der Waals surface area contributed by atoms with E-state index in [1.165, 1.54) is 12.1 Å². The van der Waals surface area contributed by atoms with E-state index in [9.17, 15) is 17.6 Å². The second kappa shape index (κ2) is 9.44. The van der Waals surface area contributed by atoms with Crippen molar-refractivity contribution in [3.05, 3.63) is 23.8 Å². The van der Waals surface area contributed by atoms with E-state index in [0.717, 1.165) is 31.9 Å². The van der Waals surface area contributed by atoms with Crippen LogP contribution in [0, 0.1) is 0 Å². The second-order valence-electron chi connectivity index (χ2n) is 4.41. The largest absolute Gasteiger partial charge is 0.435 e. The number of benzene rings is 1. The van der Waals surface area contributed by atoms with Crippen LogP contribution in [0.4, 0.5) is 17.6 Å². The fraction of sp³-hybridized carbons (Fsp3) is 0.571. The van der Waals surface area contributed by atoms with Crippen molar-refractivity contribution < 1.29 is 27.0 Å². The van der Waals surface area contributed by atoms with Crippen LogP contribution < -0.4 is 14.8 Å². The maximum atomic E-state index is 12.4. The van der Waals surface area contributed by atoms with Crippen LogP contribution in [0.1, 0.15) is 31.7 Å². The summed E-state index contributed by atoms with van der Waals surface area (Å²) in [6.07, 6.45) is 3.14. The highest BCUT2D eigenvalue weighted by Gasteiger charge is 2.13. The summed E-state index contributed by atoms with van der Waals surface area (Å²) in [5.41, 5.74) is 0.466. The molecule has 0 bridgehead atoms. The standard InChI is InChI=1S/C14H19F4NO2/c1-2-3-4-7-19-9-10-5-6-11(20-13(15)16)8-12(10)21-14(17)18/h5-6,8,13-14,19H,2-4,7,9H2,1H3. The van der Waals surface area contributed by atoms with Gasteiger partial charge in [-0.15, -0.1) is 0 Å². The van der Waals surface area contributed by atoms with Crippen molar-refractivity contribution in [1.29, 1.82) is 0 Å². The lowest BCUT2D eigenvalue weighted by molar-refractivity contribution is -0.0546. The Bertz CT molecular complexity index is 416. The molecule has 0 radical (unpaired) electrons. The summed E-state index contributed by atoms with van der Waals surface area (Å²) in [6, 6.07) is 3.77. The van der Waals surface area contributed by atoms with Crippen LogP contribution in [0.3, 0.4) is 0 Å². The van der Waals surface area contributed by atoms with Crippen molar-refractivity contribution in [2.45, 2.75) is 46.0 Å². The third-order valence-corrected chi connectivity index (χ3v) is 2.75. The fourth-order valence-corrected chi connectivity index (χ4v) is 1.79. The van der Waals surface area contributed by atoms with Crippen molar-refractivity contribution >= 4 is 0 Å². The number of ether oxygens (including phenoxy) is 2. The Kier molecular flexibility index (Phi) is 7.89. The Labute approximate surface area is 121 Å². The fourth-order valence-electron chi connectivity index (χ4n) is 1.79. The molecule has 0 amide bonds. The van der Waals surface area contributed by atoms with Gasteiger partial charge in [0.1, 0.15) is 11.5 Å². The van der Waals surface area contributed by atoms with Gasteiger partial charge < -0.3 is 14.8 Å². The Balaban J connectivity index is 2.67. The van der Waals surface area contributed by atoms with Crippen molar-refractivity contribution in [3.8, 4) is 11.5 Å². The molecule has 1 aromatic carbocycles. The van der Waals surface area contributed by atoms with Crippen molar-refractivity contribution in [3.63, 3.8) is 0 Å². The van der Waals surface area contributed by atoms with Crippen LogP contribution in [-0.4, -0.2) is 19.8 Å². The molecule has 1 aromatic rings. The summed E-state index contributed by atoms with van der Waals surface area (Å²) in [7, 11) is 0. The van der Waals surface area contributed by atoms with E-state index in [2.05, 4.69) is 21.7 Å². The van der Waals surface area contributed by atoms with Gasteiger partial charge in [0.2, 0.25) is 0 Å². The second-order valence-corrected chi connectivity index (χ2v) is 4.41. The first-order valence-electron chi connectivity index (χ1n) is 6.76. The summed E-state index contributed by atoms with van der Waals surface area (Å²) in [5.74, 6) is -0.374. The van der Waals surface area contributed by atoms with E-state index in [4.69, 9.17) is 0 Å². The average molecular weight is 309 g/mol. The number of halogens is 4. The quantitative estimate of drug-likeness (QED) is 0.520. The van der Waals surface area contributed by atoms with Gasteiger partial charge in [-0.05, 0) is 19.0 Å². The summed E-state index contributed by atoms with van der Waals surface area (Å²) in [6.45, 7) is -2.89.